The van der Waals surface area contributed by atoms with E-state index in [2.05, 4.69) is 27.1 Å². The first-order valence-electron chi connectivity index (χ1n) is 7.54. The molecule has 3 rings (SSSR count). The van der Waals surface area contributed by atoms with Crippen LogP contribution in [-0.4, -0.2) is 16.0 Å². The molecule has 3 aromatic rings. The van der Waals surface area contributed by atoms with Crippen LogP contribution in [-0.2, 0) is 6.18 Å². The monoisotopic (exact) mass is 361 g/mol. The summed E-state index contributed by atoms with van der Waals surface area (Å²) in [6, 6.07) is 6.98. The molecule has 25 heavy (non-hydrogen) atoms. The summed E-state index contributed by atoms with van der Waals surface area (Å²) in [5.74, 6) is 6.44. The predicted octanol–water partition coefficient (Wildman–Crippen LogP) is 4.95. The van der Waals surface area contributed by atoms with Gasteiger partial charge in [-0.3, -0.25) is 0 Å². The third-order valence-electron chi connectivity index (χ3n) is 3.48. The van der Waals surface area contributed by atoms with Gasteiger partial charge in [0.1, 0.15) is 17.0 Å². The Morgan fingerprint density at radius 1 is 1.24 bits per heavy atom. The van der Waals surface area contributed by atoms with Crippen molar-refractivity contribution >= 4 is 27.4 Å². The van der Waals surface area contributed by atoms with E-state index >= 15 is 0 Å². The number of nitrogens with one attached hydrogen (secondary N) is 1. The summed E-state index contributed by atoms with van der Waals surface area (Å²) in [5, 5.41) is 6.16. The van der Waals surface area contributed by atoms with Crippen molar-refractivity contribution in [1.29, 1.82) is 0 Å². The van der Waals surface area contributed by atoms with Crippen LogP contribution in [0.3, 0.4) is 0 Å². The number of benzene rings is 1. The second kappa shape index (κ2) is 7.11. The average molecular weight is 361 g/mol. The molecule has 1 unspecified atom stereocenters. The summed E-state index contributed by atoms with van der Waals surface area (Å²) in [6.45, 7) is 1.95. The molecule has 1 N–H and O–H groups in total. The lowest BCUT2D eigenvalue weighted by molar-refractivity contribution is -0.137. The smallest absolute Gasteiger partial charge is 0.366 e. The lowest BCUT2D eigenvalue weighted by atomic mass is 10.1. The molecule has 2 heterocycles. The van der Waals surface area contributed by atoms with Crippen molar-refractivity contribution in [3.63, 3.8) is 0 Å². The van der Waals surface area contributed by atoms with Crippen LogP contribution >= 0.6 is 11.3 Å². The van der Waals surface area contributed by atoms with Crippen LogP contribution in [0.1, 0.15) is 24.5 Å². The van der Waals surface area contributed by atoms with Crippen molar-refractivity contribution in [2.24, 2.45) is 0 Å². The molecule has 0 amide bonds. The highest BCUT2D eigenvalue weighted by Crippen LogP contribution is 2.29. The standard InChI is InChI=1S/C18H14F3N3S/c1-12(24-16-15-8-9-25-17(15)23-11-22-16)4-2-5-13-6-3-7-14(10-13)18(19,20)21/h3,6-12H,4H2,1H3,(H,22,23,24). The van der Waals surface area contributed by atoms with Gasteiger partial charge in [0, 0.05) is 18.0 Å². The molecule has 0 aliphatic rings. The number of hydrogen-bond donors (Lipinski definition) is 1. The Morgan fingerprint density at radius 3 is 2.88 bits per heavy atom. The highest BCUT2D eigenvalue weighted by atomic mass is 32.1. The first-order chi connectivity index (χ1) is 11.9. The van der Waals surface area contributed by atoms with E-state index in [4.69, 9.17) is 0 Å². The van der Waals surface area contributed by atoms with E-state index in [-0.39, 0.29) is 6.04 Å². The van der Waals surface area contributed by atoms with Gasteiger partial charge in [0.05, 0.1) is 10.9 Å². The number of alkyl halides is 3. The van der Waals surface area contributed by atoms with Crippen LogP contribution in [0.15, 0.2) is 42.0 Å². The molecular weight excluding hydrogens is 347 g/mol. The Kier molecular flexibility index (Phi) is 4.91. The van der Waals surface area contributed by atoms with Gasteiger partial charge in [-0.2, -0.15) is 13.2 Å². The highest BCUT2D eigenvalue weighted by Gasteiger charge is 2.30. The van der Waals surface area contributed by atoms with E-state index < -0.39 is 11.7 Å². The van der Waals surface area contributed by atoms with Gasteiger partial charge in [-0.15, -0.1) is 11.3 Å². The second-order valence-corrected chi connectivity index (χ2v) is 6.39. The highest BCUT2D eigenvalue weighted by molar-refractivity contribution is 7.16. The molecule has 0 saturated carbocycles. The number of fused-ring (bicyclic) bond motifs is 1. The molecule has 7 heteroatoms. The van der Waals surface area contributed by atoms with Crippen LogP contribution in [0.25, 0.3) is 10.2 Å². The molecule has 0 spiro atoms. The van der Waals surface area contributed by atoms with Crippen molar-refractivity contribution in [3.05, 3.63) is 53.2 Å². The number of halogens is 3. The van der Waals surface area contributed by atoms with Crippen molar-refractivity contribution in [3.8, 4) is 11.8 Å². The first-order valence-corrected chi connectivity index (χ1v) is 8.42. The van der Waals surface area contributed by atoms with Gasteiger partial charge in [0.2, 0.25) is 0 Å². The Labute approximate surface area is 146 Å². The van der Waals surface area contributed by atoms with Crippen molar-refractivity contribution in [2.45, 2.75) is 25.6 Å². The van der Waals surface area contributed by atoms with Crippen molar-refractivity contribution in [1.82, 2.24) is 9.97 Å². The average Bonchev–Trinajstić information content (AvgIpc) is 3.04. The van der Waals surface area contributed by atoms with E-state index in [0.29, 0.717) is 12.0 Å². The van der Waals surface area contributed by atoms with Gasteiger partial charge in [0.15, 0.2) is 0 Å². The van der Waals surface area contributed by atoms with E-state index in [9.17, 15) is 13.2 Å². The number of thiophene rings is 1. The number of anilines is 1. The maximum absolute atomic E-state index is 12.7. The number of hydrogen-bond acceptors (Lipinski definition) is 4. The minimum Gasteiger partial charge on any atom is -0.366 e. The molecule has 0 bridgehead atoms. The molecule has 1 atom stereocenters. The Hall–Kier alpha value is -2.59. The van der Waals surface area contributed by atoms with Crippen LogP contribution < -0.4 is 5.32 Å². The normalized spacial score (nSPS) is 12.5. The summed E-state index contributed by atoms with van der Waals surface area (Å²) in [4.78, 5) is 9.32. The fourth-order valence-electron chi connectivity index (χ4n) is 2.27. The maximum atomic E-state index is 12.7. The number of rotatable bonds is 3. The van der Waals surface area contributed by atoms with Crippen LogP contribution in [0.5, 0.6) is 0 Å². The molecule has 2 aromatic heterocycles. The molecule has 0 saturated heterocycles. The maximum Gasteiger partial charge on any atom is 0.416 e. The minimum absolute atomic E-state index is 0.00343. The SMILES string of the molecule is CC(CC#Cc1cccc(C(F)(F)F)c1)Nc1ncnc2sccc12. The molecule has 1 aromatic carbocycles. The molecular formula is C18H14F3N3S. The number of aromatic nitrogens is 2. The topological polar surface area (TPSA) is 37.8 Å². The van der Waals surface area contributed by atoms with Crippen LogP contribution in [0.2, 0.25) is 0 Å². The zero-order valence-electron chi connectivity index (χ0n) is 13.3. The fourth-order valence-corrected chi connectivity index (χ4v) is 3.00. The van der Waals surface area contributed by atoms with Gasteiger partial charge in [0.25, 0.3) is 0 Å². The van der Waals surface area contributed by atoms with E-state index in [0.717, 1.165) is 28.2 Å². The molecule has 3 nitrogen and oxygen atoms in total. The Balaban J connectivity index is 1.66. The number of nitrogens with zero attached hydrogens (tertiary/aromatic N) is 2. The van der Waals surface area contributed by atoms with Gasteiger partial charge >= 0.3 is 6.18 Å². The summed E-state index contributed by atoms with van der Waals surface area (Å²) >= 11 is 1.54. The quantitative estimate of drug-likeness (QED) is 0.671. The minimum atomic E-state index is -4.36. The molecule has 0 fully saturated rings. The second-order valence-electron chi connectivity index (χ2n) is 5.49. The van der Waals surface area contributed by atoms with Gasteiger partial charge < -0.3 is 5.32 Å². The summed E-state index contributed by atoms with van der Waals surface area (Å²) < 4.78 is 38.1. The zero-order valence-corrected chi connectivity index (χ0v) is 14.1. The Bertz CT molecular complexity index is 938. The third kappa shape index (κ3) is 4.28. The van der Waals surface area contributed by atoms with E-state index in [1.54, 1.807) is 6.07 Å². The van der Waals surface area contributed by atoms with Gasteiger partial charge in [-0.05, 0) is 36.6 Å². The summed E-state index contributed by atoms with van der Waals surface area (Å²) in [5.41, 5.74) is -0.337. The summed E-state index contributed by atoms with van der Waals surface area (Å²) in [7, 11) is 0. The first kappa shape index (κ1) is 17.2. The van der Waals surface area contributed by atoms with Crippen LogP contribution in [0, 0.1) is 11.8 Å². The lowest BCUT2D eigenvalue weighted by Crippen LogP contribution is -2.15. The van der Waals surface area contributed by atoms with Crippen molar-refractivity contribution in [2.75, 3.05) is 5.32 Å². The predicted molar refractivity (Wildman–Crippen MR) is 93.4 cm³/mol. The van der Waals surface area contributed by atoms with Gasteiger partial charge in [-0.25, -0.2) is 9.97 Å². The van der Waals surface area contributed by atoms with Crippen LogP contribution in [0.4, 0.5) is 19.0 Å². The van der Waals surface area contributed by atoms with Crippen molar-refractivity contribution < 1.29 is 13.2 Å². The lowest BCUT2D eigenvalue weighted by Gasteiger charge is -2.11. The molecule has 0 radical (unpaired) electrons. The zero-order chi connectivity index (χ0) is 17.9. The largest absolute Gasteiger partial charge is 0.416 e. The Morgan fingerprint density at radius 2 is 2.08 bits per heavy atom. The van der Waals surface area contributed by atoms with Gasteiger partial charge in [-0.1, -0.05) is 17.9 Å². The molecule has 0 aliphatic carbocycles. The fraction of sp³-hybridized carbons (Fsp3) is 0.222. The van der Waals surface area contributed by atoms with E-state index in [1.807, 2.05) is 18.4 Å². The summed E-state index contributed by atoms with van der Waals surface area (Å²) in [6.07, 6.45) is -2.38. The molecule has 0 aliphatic heterocycles. The molecule has 128 valence electrons. The third-order valence-corrected chi connectivity index (χ3v) is 4.30. The van der Waals surface area contributed by atoms with E-state index in [1.165, 1.54) is 23.7 Å².